The van der Waals surface area contributed by atoms with Crippen molar-refractivity contribution in [1.29, 1.82) is 0 Å². The van der Waals surface area contributed by atoms with Gasteiger partial charge in [-0.1, -0.05) is 41.4 Å². The lowest BCUT2D eigenvalue weighted by atomic mass is 10.1. The standard InChI is InChI=1S/C19H16Cl2N2O3/c1-10-4-3-5-11-8-12(18(24)23-16(10)11)9-22-19(25)15-13(20)6-7-14(21)17(15)26-2/h3-8H,9H2,1-2H3,(H,22,25)(H,23,24). The van der Waals surface area contributed by atoms with Crippen LogP contribution in [0.25, 0.3) is 10.9 Å². The molecule has 0 spiro atoms. The van der Waals surface area contributed by atoms with E-state index in [2.05, 4.69) is 10.3 Å². The first-order chi connectivity index (χ1) is 12.4. The normalized spacial score (nSPS) is 10.8. The smallest absolute Gasteiger partial charge is 0.256 e. The van der Waals surface area contributed by atoms with Crippen molar-refractivity contribution < 1.29 is 9.53 Å². The molecule has 0 radical (unpaired) electrons. The van der Waals surface area contributed by atoms with E-state index in [0.717, 1.165) is 16.5 Å². The highest BCUT2D eigenvalue weighted by Crippen LogP contribution is 2.33. The van der Waals surface area contributed by atoms with Gasteiger partial charge < -0.3 is 15.0 Å². The largest absolute Gasteiger partial charge is 0.494 e. The lowest BCUT2D eigenvalue weighted by Gasteiger charge is -2.12. The van der Waals surface area contributed by atoms with Crippen molar-refractivity contribution in [2.75, 3.05) is 7.11 Å². The summed E-state index contributed by atoms with van der Waals surface area (Å²) < 4.78 is 5.18. The number of hydrogen-bond acceptors (Lipinski definition) is 3. The molecular weight excluding hydrogens is 375 g/mol. The van der Waals surface area contributed by atoms with Gasteiger partial charge in [0.05, 0.1) is 22.7 Å². The van der Waals surface area contributed by atoms with E-state index in [1.807, 2.05) is 25.1 Å². The Hall–Kier alpha value is -2.50. The van der Waals surface area contributed by atoms with E-state index in [1.165, 1.54) is 13.2 Å². The first kappa shape index (κ1) is 18.3. The number of amides is 1. The predicted octanol–water partition coefficient (Wildman–Crippen LogP) is 4.08. The minimum atomic E-state index is -0.474. The van der Waals surface area contributed by atoms with Gasteiger partial charge >= 0.3 is 0 Å². The maximum Gasteiger partial charge on any atom is 0.256 e. The molecule has 1 aromatic heterocycles. The number of carbonyl (C=O) groups is 1. The summed E-state index contributed by atoms with van der Waals surface area (Å²) in [6.45, 7) is 1.97. The molecule has 5 nitrogen and oxygen atoms in total. The van der Waals surface area contributed by atoms with Crippen molar-refractivity contribution in [2.24, 2.45) is 0 Å². The van der Waals surface area contributed by atoms with Gasteiger partial charge in [0.25, 0.3) is 11.5 Å². The van der Waals surface area contributed by atoms with E-state index < -0.39 is 5.91 Å². The maximum absolute atomic E-state index is 12.6. The van der Waals surface area contributed by atoms with Crippen molar-refractivity contribution >= 4 is 40.0 Å². The fourth-order valence-corrected chi connectivity index (χ4v) is 3.24. The van der Waals surface area contributed by atoms with Crippen LogP contribution >= 0.6 is 23.2 Å². The minimum absolute atomic E-state index is 0.0457. The van der Waals surface area contributed by atoms with Gasteiger partial charge in [0, 0.05) is 12.1 Å². The molecule has 3 rings (SSSR count). The molecular formula is C19H16Cl2N2O3. The van der Waals surface area contributed by atoms with Crippen LogP contribution in [0.2, 0.25) is 10.0 Å². The van der Waals surface area contributed by atoms with Crippen LogP contribution in [0.5, 0.6) is 5.75 Å². The lowest BCUT2D eigenvalue weighted by molar-refractivity contribution is 0.0948. The Kier molecular flexibility index (Phi) is 5.20. The van der Waals surface area contributed by atoms with Gasteiger partial charge in [-0.3, -0.25) is 9.59 Å². The SMILES string of the molecule is COc1c(Cl)ccc(Cl)c1C(=O)NCc1cc2cccc(C)c2[nH]c1=O. The molecule has 134 valence electrons. The summed E-state index contributed by atoms with van der Waals surface area (Å²) >= 11 is 12.2. The number of nitrogens with one attached hydrogen (secondary N) is 2. The molecule has 1 heterocycles. The van der Waals surface area contributed by atoms with E-state index in [0.29, 0.717) is 5.56 Å². The molecule has 0 atom stereocenters. The molecule has 2 aromatic carbocycles. The average Bonchev–Trinajstić information content (AvgIpc) is 2.62. The quantitative estimate of drug-likeness (QED) is 0.704. The van der Waals surface area contributed by atoms with Crippen molar-refractivity contribution in [1.82, 2.24) is 10.3 Å². The molecule has 0 bridgehead atoms. The monoisotopic (exact) mass is 390 g/mol. The molecule has 3 aromatic rings. The summed E-state index contributed by atoms with van der Waals surface area (Å²) in [5, 5.41) is 4.09. The summed E-state index contributed by atoms with van der Waals surface area (Å²) in [5.41, 5.74) is 2.08. The number of benzene rings is 2. The number of para-hydroxylation sites is 1. The van der Waals surface area contributed by atoms with E-state index in [4.69, 9.17) is 27.9 Å². The van der Waals surface area contributed by atoms with Crippen LogP contribution < -0.4 is 15.6 Å². The third-order valence-electron chi connectivity index (χ3n) is 4.09. The van der Waals surface area contributed by atoms with Crippen LogP contribution in [0.4, 0.5) is 0 Å². The van der Waals surface area contributed by atoms with Crippen molar-refractivity contribution in [3.63, 3.8) is 0 Å². The van der Waals surface area contributed by atoms with Crippen LogP contribution in [-0.4, -0.2) is 18.0 Å². The van der Waals surface area contributed by atoms with Crippen molar-refractivity contribution in [2.45, 2.75) is 13.5 Å². The number of methoxy groups -OCH3 is 1. The zero-order chi connectivity index (χ0) is 18.8. The highest BCUT2D eigenvalue weighted by Gasteiger charge is 2.19. The second-order valence-corrected chi connectivity index (χ2v) is 6.60. The molecule has 0 saturated carbocycles. The molecule has 1 amide bonds. The highest BCUT2D eigenvalue weighted by atomic mass is 35.5. The first-order valence-corrected chi connectivity index (χ1v) is 8.59. The Morgan fingerprint density at radius 2 is 1.92 bits per heavy atom. The summed E-state index contributed by atoms with van der Waals surface area (Å²) in [4.78, 5) is 27.7. The Bertz CT molecular complexity index is 1060. The molecule has 0 aliphatic rings. The number of aromatic amines is 1. The Labute approximate surface area is 159 Å². The highest BCUT2D eigenvalue weighted by molar-refractivity contribution is 6.37. The first-order valence-electron chi connectivity index (χ1n) is 7.84. The van der Waals surface area contributed by atoms with Gasteiger partial charge in [0.15, 0.2) is 5.75 Å². The molecule has 0 aliphatic heterocycles. The van der Waals surface area contributed by atoms with Gasteiger partial charge in [-0.05, 0) is 36.1 Å². The zero-order valence-corrected chi connectivity index (χ0v) is 15.7. The number of H-pyrrole nitrogens is 1. The molecule has 2 N–H and O–H groups in total. The van der Waals surface area contributed by atoms with Crippen LogP contribution in [0.3, 0.4) is 0 Å². The second-order valence-electron chi connectivity index (χ2n) is 5.78. The van der Waals surface area contributed by atoms with Crippen LogP contribution in [0.15, 0.2) is 41.2 Å². The number of fused-ring (bicyclic) bond motifs is 1. The van der Waals surface area contributed by atoms with E-state index in [1.54, 1.807) is 12.1 Å². The summed E-state index contributed by atoms with van der Waals surface area (Å²) in [5.74, 6) is -0.280. The zero-order valence-electron chi connectivity index (χ0n) is 14.2. The Morgan fingerprint density at radius 3 is 2.65 bits per heavy atom. The summed E-state index contributed by atoms with van der Waals surface area (Å²) in [6, 6.07) is 10.6. The number of halogens is 2. The minimum Gasteiger partial charge on any atom is -0.494 e. The fraction of sp³-hybridized carbons (Fsp3) is 0.158. The molecule has 0 saturated heterocycles. The molecule has 0 unspecified atom stereocenters. The van der Waals surface area contributed by atoms with Crippen LogP contribution in [0.1, 0.15) is 21.5 Å². The topological polar surface area (TPSA) is 71.2 Å². The van der Waals surface area contributed by atoms with Gasteiger partial charge in [-0.2, -0.15) is 0 Å². The van der Waals surface area contributed by atoms with E-state index >= 15 is 0 Å². The van der Waals surface area contributed by atoms with E-state index in [9.17, 15) is 9.59 Å². The average molecular weight is 391 g/mol. The van der Waals surface area contributed by atoms with Crippen molar-refractivity contribution in [3.05, 3.63) is 73.5 Å². The number of pyridine rings is 1. The molecule has 26 heavy (non-hydrogen) atoms. The number of ether oxygens (including phenoxy) is 1. The van der Waals surface area contributed by atoms with Gasteiger partial charge in [0.1, 0.15) is 5.56 Å². The van der Waals surface area contributed by atoms with Gasteiger partial charge in [-0.15, -0.1) is 0 Å². The predicted molar refractivity (Wildman–Crippen MR) is 103 cm³/mol. The molecule has 0 fully saturated rings. The summed E-state index contributed by atoms with van der Waals surface area (Å²) in [7, 11) is 1.41. The number of carbonyl (C=O) groups excluding carboxylic acids is 1. The number of hydrogen-bond donors (Lipinski definition) is 2. The number of aromatic nitrogens is 1. The third kappa shape index (κ3) is 3.41. The lowest BCUT2D eigenvalue weighted by Crippen LogP contribution is -2.27. The fourth-order valence-electron chi connectivity index (χ4n) is 2.77. The van der Waals surface area contributed by atoms with Crippen molar-refractivity contribution in [3.8, 4) is 5.75 Å². The molecule has 0 aliphatic carbocycles. The Balaban J connectivity index is 1.89. The molecule has 7 heteroatoms. The third-order valence-corrected chi connectivity index (χ3v) is 4.71. The van der Waals surface area contributed by atoms with Crippen LogP contribution in [-0.2, 0) is 6.54 Å². The number of rotatable bonds is 4. The number of aryl methyl sites for hydroxylation is 1. The van der Waals surface area contributed by atoms with E-state index in [-0.39, 0.29) is 33.5 Å². The Morgan fingerprint density at radius 1 is 1.19 bits per heavy atom. The maximum atomic E-state index is 12.6. The summed E-state index contributed by atoms with van der Waals surface area (Å²) in [6.07, 6.45) is 0. The van der Waals surface area contributed by atoms with Gasteiger partial charge in [-0.25, -0.2) is 0 Å². The van der Waals surface area contributed by atoms with Crippen LogP contribution in [0, 0.1) is 6.92 Å². The second kappa shape index (κ2) is 7.40. The van der Waals surface area contributed by atoms with Gasteiger partial charge in [0.2, 0.25) is 0 Å².